The standard InChI is InChI=1S/C19H18N4O2S/c1-12(24)14-3-4-15(17(20)9-14)10-21-23-19-22-18(11-26-19)13-5-7-16(25-2)8-6-13/h3-11H,20H2,1-2H3,(H,22,23)/b21-10-. The van der Waals surface area contributed by atoms with Crippen molar-refractivity contribution in [2.75, 3.05) is 18.3 Å². The van der Waals surface area contributed by atoms with Gasteiger partial charge in [-0.25, -0.2) is 4.98 Å². The van der Waals surface area contributed by atoms with Crippen LogP contribution in [0, 0.1) is 0 Å². The van der Waals surface area contributed by atoms with E-state index in [-0.39, 0.29) is 5.78 Å². The first-order valence-corrected chi connectivity index (χ1v) is 8.74. The fourth-order valence-corrected chi connectivity index (χ4v) is 2.96. The van der Waals surface area contributed by atoms with Crippen molar-refractivity contribution < 1.29 is 9.53 Å². The maximum absolute atomic E-state index is 11.3. The van der Waals surface area contributed by atoms with E-state index in [1.807, 2.05) is 29.6 Å². The van der Waals surface area contributed by atoms with Gasteiger partial charge in [-0.2, -0.15) is 5.10 Å². The molecule has 3 rings (SSSR count). The Morgan fingerprint density at radius 1 is 1.27 bits per heavy atom. The number of nitrogens with zero attached hydrogens (tertiary/aromatic N) is 2. The Labute approximate surface area is 155 Å². The number of hydrogen-bond donors (Lipinski definition) is 2. The smallest absolute Gasteiger partial charge is 0.203 e. The van der Waals surface area contributed by atoms with Gasteiger partial charge in [0, 0.05) is 27.8 Å². The second-order valence-corrected chi connectivity index (χ2v) is 6.39. The number of thiazole rings is 1. The SMILES string of the molecule is COc1ccc(-c2csc(N/N=C\c3ccc(C(C)=O)cc3N)n2)cc1. The Balaban J connectivity index is 1.67. The summed E-state index contributed by atoms with van der Waals surface area (Å²) in [6.45, 7) is 1.51. The van der Waals surface area contributed by atoms with Gasteiger partial charge < -0.3 is 10.5 Å². The molecule has 0 amide bonds. The third-order valence-corrected chi connectivity index (χ3v) is 4.49. The summed E-state index contributed by atoms with van der Waals surface area (Å²) in [4.78, 5) is 15.9. The number of Topliss-reactive ketones (excluding diaryl/α,β-unsaturated/α-hetero) is 1. The van der Waals surface area contributed by atoms with Crippen molar-refractivity contribution in [2.24, 2.45) is 5.10 Å². The first-order chi connectivity index (χ1) is 12.6. The van der Waals surface area contributed by atoms with Crippen molar-refractivity contribution in [3.8, 4) is 17.0 Å². The molecule has 0 saturated carbocycles. The molecule has 0 unspecified atom stereocenters. The fraction of sp³-hybridized carbons (Fsp3) is 0.105. The van der Waals surface area contributed by atoms with Crippen LogP contribution >= 0.6 is 11.3 Å². The highest BCUT2D eigenvalue weighted by molar-refractivity contribution is 7.14. The molecular weight excluding hydrogens is 348 g/mol. The summed E-state index contributed by atoms with van der Waals surface area (Å²) in [6, 6.07) is 12.8. The highest BCUT2D eigenvalue weighted by Gasteiger charge is 2.05. The van der Waals surface area contributed by atoms with Crippen LogP contribution in [0.2, 0.25) is 0 Å². The van der Waals surface area contributed by atoms with Crippen molar-refractivity contribution in [1.82, 2.24) is 4.98 Å². The summed E-state index contributed by atoms with van der Waals surface area (Å²) >= 11 is 1.46. The van der Waals surface area contributed by atoms with Gasteiger partial charge in [0.2, 0.25) is 5.13 Å². The number of ketones is 1. The predicted octanol–water partition coefficient (Wildman–Crippen LogP) is 4.05. The fourth-order valence-electron chi connectivity index (χ4n) is 2.29. The number of anilines is 2. The quantitative estimate of drug-likeness (QED) is 0.297. The van der Waals surface area contributed by atoms with Crippen LogP contribution in [0.1, 0.15) is 22.8 Å². The highest BCUT2D eigenvalue weighted by Crippen LogP contribution is 2.26. The summed E-state index contributed by atoms with van der Waals surface area (Å²) in [5.74, 6) is 0.785. The number of aromatic nitrogens is 1. The van der Waals surface area contributed by atoms with Gasteiger partial charge in [-0.1, -0.05) is 12.1 Å². The van der Waals surface area contributed by atoms with Crippen molar-refractivity contribution in [1.29, 1.82) is 0 Å². The molecule has 0 atom stereocenters. The molecule has 0 aliphatic rings. The second-order valence-electron chi connectivity index (χ2n) is 5.54. The number of rotatable bonds is 6. The van der Waals surface area contributed by atoms with Crippen LogP contribution in [-0.4, -0.2) is 24.1 Å². The number of nitrogen functional groups attached to an aromatic ring is 1. The minimum Gasteiger partial charge on any atom is -0.497 e. The number of hydrazone groups is 1. The van der Waals surface area contributed by atoms with Crippen molar-refractivity contribution in [3.05, 3.63) is 59.0 Å². The number of ether oxygens (including phenoxy) is 1. The first-order valence-electron chi connectivity index (χ1n) is 7.86. The molecule has 26 heavy (non-hydrogen) atoms. The van der Waals surface area contributed by atoms with Crippen LogP contribution in [0.15, 0.2) is 52.9 Å². The summed E-state index contributed by atoms with van der Waals surface area (Å²) in [6.07, 6.45) is 1.60. The van der Waals surface area contributed by atoms with E-state index in [1.54, 1.807) is 31.5 Å². The maximum Gasteiger partial charge on any atom is 0.203 e. The highest BCUT2D eigenvalue weighted by atomic mass is 32.1. The number of nitrogens with two attached hydrogens (primary N) is 1. The van der Waals surface area contributed by atoms with Crippen LogP contribution in [-0.2, 0) is 0 Å². The molecule has 0 aliphatic heterocycles. The molecule has 0 spiro atoms. The van der Waals surface area contributed by atoms with Crippen molar-refractivity contribution >= 4 is 34.2 Å². The molecule has 0 fully saturated rings. The lowest BCUT2D eigenvalue weighted by Gasteiger charge is -2.02. The van der Waals surface area contributed by atoms with Gasteiger partial charge in [0.15, 0.2) is 5.78 Å². The summed E-state index contributed by atoms with van der Waals surface area (Å²) in [5, 5.41) is 6.80. The van der Waals surface area contributed by atoms with Gasteiger partial charge in [0.05, 0.1) is 19.0 Å². The van der Waals surface area contributed by atoms with Crippen LogP contribution < -0.4 is 15.9 Å². The van der Waals surface area contributed by atoms with Gasteiger partial charge in [0.1, 0.15) is 5.75 Å². The van der Waals surface area contributed by atoms with Crippen LogP contribution in [0.4, 0.5) is 10.8 Å². The van der Waals surface area contributed by atoms with Crippen LogP contribution in [0.25, 0.3) is 11.3 Å². The monoisotopic (exact) mass is 366 g/mol. The van der Waals surface area contributed by atoms with E-state index in [4.69, 9.17) is 10.5 Å². The molecule has 3 N–H and O–H groups in total. The minimum absolute atomic E-state index is 0.0211. The van der Waals surface area contributed by atoms with E-state index >= 15 is 0 Å². The summed E-state index contributed by atoms with van der Waals surface area (Å²) in [7, 11) is 1.64. The third kappa shape index (κ3) is 4.07. The van der Waals surface area contributed by atoms with Crippen molar-refractivity contribution in [2.45, 2.75) is 6.92 Å². The Hall–Kier alpha value is -3.19. The maximum atomic E-state index is 11.3. The number of nitrogens with one attached hydrogen (secondary N) is 1. The van der Waals surface area contributed by atoms with Gasteiger partial charge in [-0.3, -0.25) is 10.2 Å². The van der Waals surface area contributed by atoms with E-state index in [0.29, 0.717) is 16.4 Å². The summed E-state index contributed by atoms with van der Waals surface area (Å²) < 4.78 is 5.16. The molecule has 0 bridgehead atoms. The Kier molecular flexibility index (Phi) is 5.28. The summed E-state index contributed by atoms with van der Waals surface area (Å²) in [5.41, 5.74) is 12.5. The zero-order valence-electron chi connectivity index (χ0n) is 14.4. The van der Waals surface area contributed by atoms with Gasteiger partial charge >= 0.3 is 0 Å². The number of hydrogen-bond acceptors (Lipinski definition) is 7. The number of carbonyl (C=O) groups excluding carboxylic acids is 1. The molecule has 7 heteroatoms. The molecule has 3 aromatic rings. The average molecular weight is 366 g/mol. The van der Waals surface area contributed by atoms with E-state index in [1.165, 1.54) is 18.3 Å². The number of methoxy groups -OCH3 is 1. The predicted molar refractivity (Wildman–Crippen MR) is 106 cm³/mol. The Morgan fingerprint density at radius 2 is 2.04 bits per heavy atom. The second kappa shape index (κ2) is 7.79. The van der Waals surface area contributed by atoms with Crippen LogP contribution in [0.5, 0.6) is 5.75 Å². The van der Waals surface area contributed by atoms with E-state index in [9.17, 15) is 4.79 Å². The molecule has 0 radical (unpaired) electrons. The number of carbonyl (C=O) groups is 1. The largest absolute Gasteiger partial charge is 0.497 e. The third-order valence-electron chi connectivity index (χ3n) is 3.75. The molecule has 2 aromatic carbocycles. The Bertz CT molecular complexity index is 948. The van der Waals surface area contributed by atoms with Crippen molar-refractivity contribution in [3.63, 3.8) is 0 Å². The molecule has 0 aliphatic carbocycles. The van der Waals surface area contributed by atoms with Gasteiger partial charge in [-0.15, -0.1) is 11.3 Å². The lowest BCUT2D eigenvalue weighted by molar-refractivity contribution is 0.101. The average Bonchev–Trinajstić information content (AvgIpc) is 3.12. The normalized spacial score (nSPS) is 10.8. The zero-order chi connectivity index (χ0) is 18.5. The molecule has 6 nitrogen and oxygen atoms in total. The van der Waals surface area contributed by atoms with Crippen LogP contribution in [0.3, 0.4) is 0 Å². The molecule has 0 saturated heterocycles. The van der Waals surface area contributed by atoms with E-state index < -0.39 is 0 Å². The van der Waals surface area contributed by atoms with Gasteiger partial charge in [-0.05, 0) is 37.3 Å². The van der Waals surface area contributed by atoms with E-state index in [2.05, 4.69) is 15.5 Å². The molecule has 1 aromatic heterocycles. The first kappa shape index (κ1) is 17.6. The van der Waals surface area contributed by atoms with Gasteiger partial charge in [0.25, 0.3) is 0 Å². The lowest BCUT2D eigenvalue weighted by Crippen LogP contribution is -1.99. The molecule has 1 heterocycles. The zero-order valence-corrected chi connectivity index (χ0v) is 15.2. The lowest BCUT2D eigenvalue weighted by atomic mass is 10.1. The topological polar surface area (TPSA) is 89.6 Å². The number of benzene rings is 2. The van der Waals surface area contributed by atoms with E-state index in [0.717, 1.165) is 22.6 Å². The minimum atomic E-state index is -0.0211. The Morgan fingerprint density at radius 3 is 2.69 bits per heavy atom. The molecule has 132 valence electrons. The molecular formula is C19H18N4O2S.